The number of ether oxygens (including phenoxy) is 1. The molecule has 6 heteroatoms. The summed E-state index contributed by atoms with van der Waals surface area (Å²) < 4.78 is 5.14. The van der Waals surface area contributed by atoms with Crippen LogP contribution in [0.1, 0.15) is 59.8 Å². The van der Waals surface area contributed by atoms with E-state index in [2.05, 4.69) is 13.5 Å². The average molecular weight is 354 g/mol. The number of carbonyl (C=O) groups is 3. The third-order valence-corrected chi connectivity index (χ3v) is 3.30. The Bertz CT molecular complexity index is 502. The van der Waals surface area contributed by atoms with Gasteiger partial charge in [0.05, 0.1) is 5.57 Å². The number of rotatable bonds is 10. The number of aliphatic carboxylic acids is 2. The van der Waals surface area contributed by atoms with Gasteiger partial charge >= 0.3 is 17.9 Å². The molecule has 0 aromatic heterocycles. The van der Waals surface area contributed by atoms with Crippen LogP contribution in [0.2, 0.25) is 0 Å². The Hall–Kier alpha value is -2.37. The second kappa shape index (κ2) is 15.2. The number of carbonyl (C=O) groups excluding carboxylic acids is 1. The summed E-state index contributed by atoms with van der Waals surface area (Å²) in [7, 11) is 0. The molecule has 0 aliphatic rings. The van der Waals surface area contributed by atoms with Crippen LogP contribution in [0.15, 0.2) is 36.0 Å². The molecule has 0 aliphatic carbocycles. The predicted molar refractivity (Wildman–Crippen MR) is 97.3 cm³/mol. The van der Waals surface area contributed by atoms with Crippen molar-refractivity contribution >= 4 is 17.9 Å². The normalized spacial score (nSPS) is 12.5. The fourth-order valence-electron chi connectivity index (χ4n) is 1.74. The van der Waals surface area contributed by atoms with Crippen LogP contribution in [0, 0.1) is 0 Å². The monoisotopic (exact) mass is 354 g/mol. The molecule has 142 valence electrons. The Morgan fingerprint density at radius 1 is 1.12 bits per heavy atom. The molecule has 0 aromatic rings. The van der Waals surface area contributed by atoms with Crippen molar-refractivity contribution in [1.82, 2.24) is 0 Å². The summed E-state index contributed by atoms with van der Waals surface area (Å²) in [6, 6.07) is 0. The average Bonchev–Trinajstić information content (AvgIpc) is 2.58. The molecule has 25 heavy (non-hydrogen) atoms. The highest BCUT2D eigenvalue weighted by Gasteiger charge is 2.09. The maximum absolute atomic E-state index is 10.9. The number of carboxylic acids is 2. The van der Waals surface area contributed by atoms with E-state index >= 15 is 0 Å². The zero-order valence-electron chi connectivity index (χ0n) is 15.6. The first-order valence-electron chi connectivity index (χ1n) is 8.37. The smallest absolute Gasteiger partial charge is 0.335 e. The van der Waals surface area contributed by atoms with E-state index in [-0.39, 0.29) is 23.2 Å². The molecule has 0 saturated carbocycles. The second-order valence-electron chi connectivity index (χ2n) is 5.35. The first-order valence-corrected chi connectivity index (χ1v) is 8.37. The van der Waals surface area contributed by atoms with Crippen molar-refractivity contribution in [3.05, 3.63) is 36.0 Å². The Kier molecular flexibility index (Phi) is 15.1. The highest BCUT2D eigenvalue weighted by atomic mass is 16.5. The fraction of sp³-hybridized carbons (Fsp3) is 0.526. The maximum atomic E-state index is 10.9. The third-order valence-electron chi connectivity index (χ3n) is 3.30. The summed E-state index contributed by atoms with van der Waals surface area (Å²) in [6.45, 7) is 10.4. The minimum atomic E-state index is -1.13. The van der Waals surface area contributed by atoms with Crippen LogP contribution < -0.4 is 0 Å². The first-order chi connectivity index (χ1) is 11.7. The minimum Gasteiger partial charge on any atom is -0.478 e. The molecule has 6 nitrogen and oxygen atoms in total. The van der Waals surface area contributed by atoms with E-state index < -0.39 is 11.9 Å². The minimum absolute atomic E-state index is 0.00509. The van der Waals surface area contributed by atoms with Gasteiger partial charge in [0.1, 0.15) is 6.10 Å². The van der Waals surface area contributed by atoms with Crippen LogP contribution in [0.5, 0.6) is 0 Å². The highest BCUT2D eigenvalue weighted by molar-refractivity contribution is 5.94. The van der Waals surface area contributed by atoms with Crippen LogP contribution in [0.4, 0.5) is 0 Å². The molecule has 0 saturated heterocycles. The van der Waals surface area contributed by atoms with Gasteiger partial charge in [-0.3, -0.25) is 0 Å². The Morgan fingerprint density at radius 3 is 2.08 bits per heavy atom. The summed E-state index contributed by atoms with van der Waals surface area (Å²) in [4.78, 5) is 31.5. The van der Waals surface area contributed by atoms with Crippen LogP contribution in [-0.4, -0.2) is 34.2 Å². The summed E-state index contributed by atoms with van der Waals surface area (Å²) in [5.41, 5.74) is -0.0135. The predicted octanol–water partition coefficient (Wildman–Crippen LogP) is 4.12. The van der Waals surface area contributed by atoms with Gasteiger partial charge in [-0.25, -0.2) is 14.4 Å². The molecule has 0 spiro atoms. The SMILES string of the molecule is C=CC(=O)OC(CC)CCCCC.CC=C(C=C(C)C(=O)O)C(=O)O. The van der Waals surface area contributed by atoms with Gasteiger partial charge in [-0.1, -0.05) is 39.3 Å². The Morgan fingerprint density at radius 2 is 1.72 bits per heavy atom. The van der Waals surface area contributed by atoms with Crippen LogP contribution in [-0.2, 0) is 19.1 Å². The number of esters is 1. The number of carboxylic acid groups (broad SMARTS) is 2. The number of allylic oxidation sites excluding steroid dienone is 1. The van der Waals surface area contributed by atoms with E-state index in [0.29, 0.717) is 0 Å². The van der Waals surface area contributed by atoms with Gasteiger partial charge in [0, 0.05) is 11.6 Å². The largest absolute Gasteiger partial charge is 0.478 e. The van der Waals surface area contributed by atoms with E-state index in [9.17, 15) is 14.4 Å². The van der Waals surface area contributed by atoms with Crippen molar-refractivity contribution < 1.29 is 29.3 Å². The lowest BCUT2D eigenvalue weighted by atomic mass is 10.1. The Labute approximate surface area is 149 Å². The second-order valence-corrected chi connectivity index (χ2v) is 5.35. The summed E-state index contributed by atoms with van der Waals surface area (Å²) in [5.74, 6) is -2.54. The molecule has 0 heterocycles. The number of unbranched alkanes of at least 4 members (excludes halogenated alkanes) is 2. The van der Waals surface area contributed by atoms with Gasteiger partial charge in [0.25, 0.3) is 0 Å². The summed E-state index contributed by atoms with van der Waals surface area (Å²) in [5, 5.41) is 16.9. The zero-order valence-corrected chi connectivity index (χ0v) is 15.6. The van der Waals surface area contributed by atoms with Gasteiger partial charge in [-0.15, -0.1) is 0 Å². The molecule has 0 rings (SSSR count). The van der Waals surface area contributed by atoms with Gasteiger partial charge in [-0.2, -0.15) is 0 Å². The van der Waals surface area contributed by atoms with Crippen molar-refractivity contribution in [2.75, 3.05) is 0 Å². The maximum Gasteiger partial charge on any atom is 0.335 e. The van der Waals surface area contributed by atoms with Gasteiger partial charge < -0.3 is 14.9 Å². The van der Waals surface area contributed by atoms with E-state index in [1.54, 1.807) is 0 Å². The van der Waals surface area contributed by atoms with Crippen molar-refractivity contribution in [3.63, 3.8) is 0 Å². The van der Waals surface area contributed by atoms with Gasteiger partial charge in [0.15, 0.2) is 0 Å². The van der Waals surface area contributed by atoms with Crippen LogP contribution in [0.3, 0.4) is 0 Å². The molecule has 1 atom stereocenters. The standard InChI is InChI=1S/C11H20O2.C8H10O4/c1-4-7-8-9-10(5-2)13-11(12)6-3;1-3-6(8(11)12)4-5(2)7(9)10/h6,10H,3-5,7-9H2,1-2H3;3-4H,1-2H3,(H,9,10)(H,11,12). The van der Waals surface area contributed by atoms with Gasteiger partial charge in [0.2, 0.25) is 0 Å². The van der Waals surface area contributed by atoms with E-state index in [1.807, 2.05) is 6.92 Å². The summed E-state index contributed by atoms with van der Waals surface area (Å²) in [6.07, 6.45) is 9.18. The number of hydrogen-bond acceptors (Lipinski definition) is 4. The van der Waals surface area contributed by atoms with Crippen molar-refractivity contribution in [2.24, 2.45) is 0 Å². The van der Waals surface area contributed by atoms with E-state index in [0.717, 1.165) is 25.3 Å². The van der Waals surface area contributed by atoms with Crippen LogP contribution >= 0.6 is 0 Å². The third kappa shape index (κ3) is 13.7. The van der Waals surface area contributed by atoms with Gasteiger partial charge in [-0.05, 0) is 39.2 Å². The first kappa shape index (κ1) is 24.9. The zero-order chi connectivity index (χ0) is 19.8. The molecule has 0 radical (unpaired) electrons. The fourth-order valence-corrected chi connectivity index (χ4v) is 1.74. The molecule has 0 bridgehead atoms. The molecule has 0 fully saturated rings. The van der Waals surface area contributed by atoms with Crippen molar-refractivity contribution in [2.45, 2.75) is 65.9 Å². The highest BCUT2D eigenvalue weighted by Crippen LogP contribution is 2.10. The van der Waals surface area contributed by atoms with Crippen LogP contribution in [0.25, 0.3) is 0 Å². The molecular weight excluding hydrogens is 324 g/mol. The van der Waals surface area contributed by atoms with Crippen molar-refractivity contribution in [1.29, 1.82) is 0 Å². The van der Waals surface area contributed by atoms with Crippen molar-refractivity contribution in [3.8, 4) is 0 Å². The van der Waals surface area contributed by atoms with E-state index in [4.69, 9.17) is 14.9 Å². The number of hydrogen-bond donors (Lipinski definition) is 2. The molecule has 2 N–H and O–H groups in total. The quantitative estimate of drug-likeness (QED) is 0.265. The summed E-state index contributed by atoms with van der Waals surface area (Å²) >= 11 is 0. The lowest BCUT2D eigenvalue weighted by Crippen LogP contribution is -2.15. The molecule has 0 aliphatic heterocycles. The molecular formula is C19H30O6. The van der Waals surface area contributed by atoms with E-state index in [1.165, 1.54) is 38.8 Å². The lowest BCUT2D eigenvalue weighted by molar-refractivity contribution is -0.143. The molecule has 0 aromatic carbocycles. The molecule has 1 unspecified atom stereocenters. The lowest BCUT2D eigenvalue weighted by Gasteiger charge is -2.14. The Balaban J connectivity index is 0. The molecule has 0 amide bonds. The topological polar surface area (TPSA) is 101 Å².